The van der Waals surface area contributed by atoms with Crippen molar-refractivity contribution in [3.63, 3.8) is 0 Å². The van der Waals surface area contributed by atoms with Crippen molar-refractivity contribution in [3.05, 3.63) is 11.1 Å². The molecule has 0 saturated carbocycles. The largest absolute Gasteiger partial charge is 0.444 e. The van der Waals surface area contributed by atoms with Gasteiger partial charge in [0.1, 0.15) is 5.60 Å². The van der Waals surface area contributed by atoms with Gasteiger partial charge in [-0.25, -0.2) is 4.79 Å². The van der Waals surface area contributed by atoms with Gasteiger partial charge in [0.25, 0.3) is 0 Å². The van der Waals surface area contributed by atoms with E-state index in [2.05, 4.69) is 18.7 Å². The van der Waals surface area contributed by atoms with Gasteiger partial charge in [-0.3, -0.25) is 4.90 Å². The second-order valence-corrected chi connectivity index (χ2v) is 7.02. The lowest BCUT2D eigenvalue weighted by Gasteiger charge is -2.39. The highest BCUT2D eigenvalue weighted by Gasteiger charge is 2.31. The van der Waals surface area contributed by atoms with Gasteiger partial charge in [-0.1, -0.05) is 11.1 Å². The summed E-state index contributed by atoms with van der Waals surface area (Å²) in [6.45, 7) is 13.7. The van der Waals surface area contributed by atoms with Crippen LogP contribution >= 0.6 is 0 Å². The Bertz CT molecular complexity index is 401. The van der Waals surface area contributed by atoms with Gasteiger partial charge >= 0.3 is 6.09 Å². The molecule has 1 amide bonds. The first kappa shape index (κ1) is 15.4. The van der Waals surface area contributed by atoms with Crippen molar-refractivity contribution in [3.8, 4) is 0 Å². The molecule has 114 valence electrons. The zero-order valence-electron chi connectivity index (χ0n) is 13.5. The summed E-state index contributed by atoms with van der Waals surface area (Å²) in [6, 6.07) is 0.593. The van der Waals surface area contributed by atoms with Gasteiger partial charge in [-0.15, -0.1) is 0 Å². The van der Waals surface area contributed by atoms with E-state index in [1.807, 2.05) is 25.7 Å². The van der Waals surface area contributed by atoms with E-state index in [1.165, 1.54) is 18.4 Å². The van der Waals surface area contributed by atoms with Crippen LogP contribution in [0.2, 0.25) is 0 Å². The fraction of sp³-hybridized carbons (Fsp3) is 0.812. The number of carbonyl (C=O) groups is 1. The Balaban J connectivity index is 1.85. The van der Waals surface area contributed by atoms with Gasteiger partial charge in [0.15, 0.2) is 0 Å². The Morgan fingerprint density at radius 2 is 1.75 bits per heavy atom. The molecule has 0 N–H and O–H groups in total. The lowest BCUT2D eigenvalue weighted by Crippen LogP contribution is -2.52. The van der Waals surface area contributed by atoms with Crippen molar-refractivity contribution in [2.24, 2.45) is 0 Å². The maximum absolute atomic E-state index is 12.0. The van der Waals surface area contributed by atoms with Crippen molar-refractivity contribution in [1.29, 1.82) is 0 Å². The third-order valence-electron chi connectivity index (χ3n) is 4.37. The lowest BCUT2D eigenvalue weighted by molar-refractivity contribution is 0.0119. The van der Waals surface area contributed by atoms with Crippen LogP contribution in [0.1, 0.15) is 47.5 Å². The van der Waals surface area contributed by atoms with Crippen LogP contribution in [0.3, 0.4) is 0 Å². The number of nitrogens with zero attached hydrogens (tertiary/aromatic N) is 2. The normalized spacial score (nSPS) is 25.2. The Hall–Kier alpha value is -1.03. The van der Waals surface area contributed by atoms with Gasteiger partial charge in [0.2, 0.25) is 0 Å². The van der Waals surface area contributed by atoms with Gasteiger partial charge < -0.3 is 9.64 Å². The van der Waals surface area contributed by atoms with Crippen LogP contribution in [0.5, 0.6) is 0 Å². The minimum atomic E-state index is -0.407. The van der Waals surface area contributed by atoms with Crippen LogP contribution in [0.4, 0.5) is 4.79 Å². The standard InChI is InChI=1S/C16H28N2O2/c1-12-6-7-14(13(12)2)17-8-10-18(11-9-17)15(19)20-16(3,4)5/h14H,6-11H2,1-5H3. The summed E-state index contributed by atoms with van der Waals surface area (Å²) in [5.74, 6) is 0. The zero-order chi connectivity index (χ0) is 14.9. The molecule has 1 aliphatic heterocycles. The summed E-state index contributed by atoms with van der Waals surface area (Å²) < 4.78 is 5.44. The molecule has 4 heteroatoms. The van der Waals surface area contributed by atoms with Gasteiger partial charge in [0.05, 0.1) is 0 Å². The number of ether oxygens (including phenoxy) is 1. The van der Waals surface area contributed by atoms with Crippen LogP contribution in [-0.4, -0.2) is 53.7 Å². The van der Waals surface area contributed by atoms with Crippen molar-refractivity contribution >= 4 is 6.09 Å². The van der Waals surface area contributed by atoms with E-state index in [-0.39, 0.29) is 6.09 Å². The molecule has 20 heavy (non-hydrogen) atoms. The first-order valence-corrected chi connectivity index (χ1v) is 7.66. The lowest BCUT2D eigenvalue weighted by atomic mass is 10.1. The highest BCUT2D eigenvalue weighted by atomic mass is 16.6. The van der Waals surface area contributed by atoms with Crippen molar-refractivity contribution in [2.45, 2.75) is 59.1 Å². The van der Waals surface area contributed by atoms with Gasteiger partial charge in [-0.2, -0.15) is 0 Å². The summed E-state index contributed by atoms with van der Waals surface area (Å²) in [4.78, 5) is 16.4. The predicted octanol–water partition coefficient (Wildman–Crippen LogP) is 3.04. The smallest absolute Gasteiger partial charge is 0.410 e. The Morgan fingerprint density at radius 3 is 2.20 bits per heavy atom. The van der Waals surface area contributed by atoms with Crippen LogP contribution < -0.4 is 0 Å². The van der Waals surface area contributed by atoms with E-state index in [9.17, 15) is 4.79 Å². The molecule has 0 spiro atoms. The van der Waals surface area contributed by atoms with E-state index < -0.39 is 5.60 Å². The first-order chi connectivity index (χ1) is 9.28. The molecule has 2 rings (SSSR count). The molecule has 0 radical (unpaired) electrons. The summed E-state index contributed by atoms with van der Waals surface area (Å²) in [5, 5.41) is 0. The maximum Gasteiger partial charge on any atom is 0.410 e. The predicted molar refractivity (Wildman–Crippen MR) is 80.8 cm³/mol. The molecule has 1 saturated heterocycles. The Morgan fingerprint density at radius 1 is 1.15 bits per heavy atom. The molecular weight excluding hydrogens is 252 g/mol. The highest BCUT2D eigenvalue weighted by Crippen LogP contribution is 2.30. The van der Waals surface area contributed by atoms with Crippen LogP contribution in [0.25, 0.3) is 0 Å². The molecule has 1 unspecified atom stereocenters. The third-order valence-corrected chi connectivity index (χ3v) is 4.37. The molecule has 0 aromatic rings. The Labute approximate surface area is 122 Å². The minimum Gasteiger partial charge on any atom is -0.444 e. The number of hydrogen-bond acceptors (Lipinski definition) is 3. The number of carbonyl (C=O) groups excluding carboxylic acids is 1. The second kappa shape index (κ2) is 5.76. The molecular formula is C16H28N2O2. The Kier molecular flexibility index (Phi) is 4.43. The van der Waals surface area contributed by atoms with E-state index in [1.54, 1.807) is 5.57 Å². The number of amides is 1. The monoisotopic (exact) mass is 280 g/mol. The summed E-state index contributed by atoms with van der Waals surface area (Å²) >= 11 is 0. The second-order valence-electron chi connectivity index (χ2n) is 7.02. The summed E-state index contributed by atoms with van der Waals surface area (Å²) in [5.41, 5.74) is 2.68. The number of hydrogen-bond donors (Lipinski definition) is 0. The highest BCUT2D eigenvalue weighted by molar-refractivity contribution is 5.68. The minimum absolute atomic E-state index is 0.174. The average molecular weight is 280 g/mol. The number of allylic oxidation sites excluding steroid dienone is 1. The molecule has 0 aromatic heterocycles. The summed E-state index contributed by atoms with van der Waals surface area (Å²) in [6.07, 6.45) is 2.29. The zero-order valence-corrected chi connectivity index (χ0v) is 13.5. The topological polar surface area (TPSA) is 32.8 Å². The molecule has 1 heterocycles. The molecule has 1 fully saturated rings. The third kappa shape index (κ3) is 3.54. The van der Waals surface area contributed by atoms with Crippen LogP contribution in [0, 0.1) is 0 Å². The quantitative estimate of drug-likeness (QED) is 0.692. The van der Waals surface area contributed by atoms with Gasteiger partial charge in [0, 0.05) is 32.2 Å². The fourth-order valence-electron chi connectivity index (χ4n) is 3.05. The summed E-state index contributed by atoms with van der Waals surface area (Å²) in [7, 11) is 0. The van der Waals surface area contributed by atoms with Gasteiger partial charge in [-0.05, 0) is 47.5 Å². The molecule has 0 bridgehead atoms. The van der Waals surface area contributed by atoms with E-state index in [0.717, 1.165) is 26.2 Å². The average Bonchev–Trinajstić information content (AvgIpc) is 2.68. The van der Waals surface area contributed by atoms with Crippen LogP contribution in [-0.2, 0) is 4.74 Å². The van der Waals surface area contributed by atoms with E-state index >= 15 is 0 Å². The number of rotatable bonds is 1. The SMILES string of the molecule is CC1=C(C)C(N2CCN(C(=O)OC(C)(C)C)CC2)CC1. The maximum atomic E-state index is 12.0. The van der Waals surface area contributed by atoms with E-state index in [4.69, 9.17) is 4.74 Å². The first-order valence-electron chi connectivity index (χ1n) is 7.66. The molecule has 1 atom stereocenters. The molecule has 1 aliphatic carbocycles. The van der Waals surface area contributed by atoms with E-state index in [0.29, 0.717) is 6.04 Å². The number of piperazine rings is 1. The van der Waals surface area contributed by atoms with Crippen LogP contribution in [0.15, 0.2) is 11.1 Å². The van der Waals surface area contributed by atoms with Crippen molar-refractivity contribution in [2.75, 3.05) is 26.2 Å². The van der Waals surface area contributed by atoms with Crippen molar-refractivity contribution < 1.29 is 9.53 Å². The fourth-order valence-corrected chi connectivity index (χ4v) is 3.05. The molecule has 4 nitrogen and oxygen atoms in total. The molecule has 0 aromatic carbocycles. The molecule has 2 aliphatic rings. The van der Waals surface area contributed by atoms with Crippen molar-refractivity contribution in [1.82, 2.24) is 9.80 Å².